The zero-order valence-electron chi connectivity index (χ0n) is 9.73. The van der Waals surface area contributed by atoms with Crippen molar-refractivity contribution in [3.05, 3.63) is 23.2 Å². The number of carbonyl (C=O) groups excluding carboxylic acids is 2. The van der Waals surface area contributed by atoms with Crippen molar-refractivity contribution in [1.29, 1.82) is 0 Å². The van der Waals surface area contributed by atoms with E-state index in [1.807, 2.05) is 0 Å². The maximum Gasteiger partial charge on any atom is 0.302 e. The number of carbonyl (C=O) groups is 2. The second-order valence-corrected chi connectivity index (χ2v) is 4.30. The van der Waals surface area contributed by atoms with Crippen LogP contribution < -0.4 is 10.1 Å². The first-order valence-electron chi connectivity index (χ1n) is 5.46. The molecule has 5 nitrogen and oxygen atoms in total. The number of rotatable bonds is 3. The molecule has 0 unspecified atom stereocenters. The van der Waals surface area contributed by atoms with Gasteiger partial charge in [0.1, 0.15) is 5.75 Å². The van der Waals surface area contributed by atoms with Crippen molar-refractivity contribution in [2.45, 2.75) is 19.4 Å². The fourth-order valence-electron chi connectivity index (χ4n) is 1.62. The zero-order valence-corrected chi connectivity index (χ0v) is 10.5. The van der Waals surface area contributed by atoms with Crippen molar-refractivity contribution in [2.75, 3.05) is 11.9 Å². The normalized spacial score (nSPS) is 17.4. The lowest BCUT2D eigenvalue weighted by Crippen LogP contribution is -2.37. The maximum atomic E-state index is 11.7. The van der Waals surface area contributed by atoms with Gasteiger partial charge in [0.2, 0.25) is 0 Å². The van der Waals surface area contributed by atoms with Crippen LogP contribution in [0.15, 0.2) is 18.2 Å². The van der Waals surface area contributed by atoms with Crippen LogP contribution in [0, 0.1) is 0 Å². The molecule has 1 N–H and O–H groups in total. The van der Waals surface area contributed by atoms with Gasteiger partial charge in [0.15, 0.2) is 6.10 Å². The molecular weight excluding hydrogens is 258 g/mol. The Hall–Kier alpha value is -1.75. The molecule has 1 aliphatic heterocycles. The lowest BCUT2D eigenvalue weighted by molar-refractivity contribution is -0.142. The highest BCUT2D eigenvalue weighted by Crippen LogP contribution is 2.32. The molecule has 2 rings (SSSR count). The van der Waals surface area contributed by atoms with Crippen molar-refractivity contribution in [2.24, 2.45) is 0 Å². The summed E-state index contributed by atoms with van der Waals surface area (Å²) in [6.07, 6.45) is -0.342. The number of hydrogen-bond acceptors (Lipinski definition) is 4. The summed E-state index contributed by atoms with van der Waals surface area (Å²) in [4.78, 5) is 22.3. The summed E-state index contributed by atoms with van der Waals surface area (Å²) in [5.41, 5.74) is 0.552. The molecule has 1 aromatic carbocycles. The second kappa shape index (κ2) is 5.27. The van der Waals surface area contributed by atoms with E-state index < -0.39 is 6.10 Å². The lowest BCUT2D eigenvalue weighted by atomic mass is 10.2. The smallest absolute Gasteiger partial charge is 0.302 e. The average molecular weight is 270 g/mol. The molecule has 0 aromatic heterocycles. The number of ether oxygens (including phenoxy) is 2. The standard InChI is InChI=1S/C12H12ClNO4/c1-7(15)17-5-4-11-12(16)14-9-6-8(13)2-3-10(9)18-11/h2-3,6,11H,4-5H2,1H3,(H,14,16)/t11-/m1/s1. The van der Waals surface area contributed by atoms with Gasteiger partial charge in [-0.3, -0.25) is 9.59 Å². The van der Waals surface area contributed by atoms with Crippen molar-refractivity contribution in [3.63, 3.8) is 0 Å². The minimum Gasteiger partial charge on any atom is -0.478 e. The number of halogens is 1. The molecule has 0 saturated carbocycles. The van der Waals surface area contributed by atoms with Crippen LogP contribution in [-0.2, 0) is 14.3 Å². The van der Waals surface area contributed by atoms with Gasteiger partial charge in [-0.25, -0.2) is 0 Å². The lowest BCUT2D eigenvalue weighted by Gasteiger charge is -2.25. The molecule has 0 fully saturated rings. The Balaban J connectivity index is 2.02. The molecule has 6 heteroatoms. The molecule has 1 atom stereocenters. The fraction of sp³-hybridized carbons (Fsp3) is 0.333. The second-order valence-electron chi connectivity index (χ2n) is 3.86. The van der Waals surface area contributed by atoms with Gasteiger partial charge in [-0.15, -0.1) is 0 Å². The van der Waals surface area contributed by atoms with E-state index in [0.717, 1.165) is 0 Å². The number of anilines is 1. The van der Waals surface area contributed by atoms with Crippen LogP contribution >= 0.6 is 11.6 Å². The molecule has 1 amide bonds. The summed E-state index contributed by atoms with van der Waals surface area (Å²) in [6, 6.07) is 4.99. The molecule has 0 spiro atoms. The summed E-state index contributed by atoms with van der Waals surface area (Å²) in [5, 5.41) is 3.22. The Labute approximate surface area is 109 Å². The molecule has 1 heterocycles. The van der Waals surface area contributed by atoms with Gasteiger partial charge in [0.05, 0.1) is 12.3 Å². The summed E-state index contributed by atoms with van der Waals surface area (Å²) >= 11 is 5.81. The maximum absolute atomic E-state index is 11.7. The van der Waals surface area contributed by atoms with E-state index >= 15 is 0 Å². The van der Waals surface area contributed by atoms with Gasteiger partial charge in [0, 0.05) is 18.4 Å². The van der Waals surface area contributed by atoms with E-state index in [4.69, 9.17) is 21.1 Å². The SMILES string of the molecule is CC(=O)OCC[C@H]1Oc2ccc(Cl)cc2NC1=O. The summed E-state index contributed by atoms with van der Waals surface area (Å²) in [7, 11) is 0. The zero-order chi connectivity index (χ0) is 13.1. The third-order valence-corrected chi connectivity index (χ3v) is 2.68. The minimum absolute atomic E-state index is 0.149. The van der Waals surface area contributed by atoms with Gasteiger partial charge in [-0.2, -0.15) is 0 Å². The van der Waals surface area contributed by atoms with Crippen molar-refractivity contribution in [3.8, 4) is 5.75 Å². The van der Waals surface area contributed by atoms with Crippen LogP contribution in [0.2, 0.25) is 5.02 Å². The molecule has 1 aromatic rings. The van der Waals surface area contributed by atoms with Gasteiger partial charge >= 0.3 is 5.97 Å². The third-order valence-electron chi connectivity index (χ3n) is 2.45. The first-order chi connectivity index (χ1) is 8.56. The van der Waals surface area contributed by atoms with E-state index in [1.54, 1.807) is 18.2 Å². The van der Waals surface area contributed by atoms with Gasteiger partial charge in [-0.1, -0.05) is 11.6 Å². The number of esters is 1. The average Bonchev–Trinajstić information content (AvgIpc) is 2.29. The van der Waals surface area contributed by atoms with Crippen LogP contribution in [0.1, 0.15) is 13.3 Å². The number of fused-ring (bicyclic) bond motifs is 1. The number of benzene rings is 1. The minimum atomic E-state index is -0.655. The largest absolute Gasteiger partial charge is 0.478 e. The molecule has 18 heavy (non-hydrogen) atoms. The Bertz CT molecular complexity index is 489. The summed E-state index contributed by atoms with van der Waals surface area (Å²) in [5.74, 6) is -0.0813. The van der Waals surface area contributed by atoms with Crippen LogP contribution in [0.25, 0.3) is 0 Å². The molecular formula is C12H12ClNO4. The predicted molar refractivity (Wildman–Crippen MR) is 65.7 cm³/mol. The molecule has 0 saturated heterocycles. The third kappa shape index (κ3) is 2.92. The van der Waals surface area contributed by atoms with Crippen LogP contribution in [0.5, 0.6) is 5.75 Å². The predicted octanol–water partition coefficient (Wildman–Crippen LogP) is 1.99. The molecule has 0 radical (unpaired) electrons. The Morgan fingerprint density at radius 1 is 1.56 bits per heavy atom. The number of hydrogen-bond donors (Lipinski definition) is 1. The summed E-state index contributed by atoms with van der Waals surface area (Å²) < 4.78 is 10.3. The van der Waals surface area contributed by atoms with Crippen molar-refractivity contribution < 1.29 is 19.1 Å². The highest BCUT2D eigenvalue weighted by molar-refractivity contribution is 6.31. The molecule has 96 valence electrons. The molecule has 1 aliphatic rings. The van der Waals surface area contributed by atoms with E-state index in [-0.39, 0.29) is 18.5 Å². The molecule has 0 aliphatic carbocycles. The van der Waals surface area contributed by atoms with Gasteiger partial charge in [-0.05, 0) is 18.2 Å². The van der Waals surface area contributed by atoms with Crippen molar-refractivity contribution in [1.82, 2.24) is 0 Å². The van der Waals surface area contributed by atoms with Crippen LogP contribution in [0.3, 0.4) is 0 Å². The Kier molecular flexibility index (Phi) is 3.72. The van der Waals surface area contributed by atoms with E-state index in [9.17, 15) is 9.59 Å². The van der Waals surface area contributed by atoms with Gasteiger partial charge < -0.3 is 14.8 Å². The van der Waals surface area contributed by atoms with Crippen LogP contribution in [-0.4, -0.2) is 24.6 Å². The quantitative estimate of drug-likeness (QED) is 0.853. The van der Waals surface area contributed by atoms with Crippen molar-refractivity contribution >= 4 is 29.2 Å². The van der Waals surface area contributed by atoms with E-state index in [2.05, 4.69) is 5.32 Å². The monoisotopic (exact) mass is 269 g/mol. The number of nitrogens with one attached hydrogen (secondary N) is 1. The topological polar surface area (TPSA) is 64.6 Å². The Morgan fingerprint density at radius 2 is 2.33 bits per heavy atom. The van der Waals surface area contributed by atoms with Crippen LogP contribution in [0.4, 0.5) is 5.69 Å². The molecule has 0 bridgehead atoms. The fourth-order valence-corrected chi connectivity index (χ4v) is 1.79. The highest BCUT2D eigenvalue weighted by atomic mass is 35.5. The van der Waals surface area contributed by atoms with E-state index in [0.29, 0.717) is 22.9 Å². The number of amides is 1. The first kappa shape index (κ1) is 12.7. The van der Waals surface area contributed by atoms with Gasteiger partial charge in [0.25, 0.3) is 5.91 Å². The first-order valence-corrected chi connectivity index (χ1v) is 5.84. The summed E-state index contributed by atoms with van der Waals surface area (Å²) in [6.45, 7) is 1.47. The van der Waals surface area contributed by atoms with E-state index in [1.165, 1.54) is 6.92 Å². The Morgan fingerprint density at radius 3 is 3.06 bits per heavy atom. The highest BCUT2D eigenvalue weighted by Gasteiger charge is 2.27.